The summed E-state index contributed by atoms with van der Waals surface area (Å²) in [7, 11) is 0. The average molecular weight is 302 g/mol. The van der Waals surface area contributed by atoms with Gasteiger partial charge >= 0.3 is 0 Å². The van der Waals surface area contributed by atoms with E-state index in [1.165, 1.54) is 48.0 Å². The second-order valence-corrected chi connectivity index (χ2v) is 6.46. The van der Waals surface area contributed by atoms with Crippen molar-refractivity contribution in [1.29, 1.82) is 0 Å². The molecule has 16 heavy (non-hydrogen) atoms. The minimum Gasteiger partial charge on any atom is -0.295 e. The first-order chi connectivity index (χ1) is 7.81. The molecule has 0 N–H and O–H groups in total. The molecule has 2 heterocycles. The molecule has 1 unspecified atom stereocenters. The lowest BCUT2D eigenvalue weighted by atomic mass is 9.98. The maximum atomic E-state index is 3.64. The predicted molar refractivity (Wildman–Crippen MR) is 75.0 cm³/mol. The first-order valence-electron chi connectivity index (χ1n) is 6.27. The van der Waals surface area contributed by atoms with Crippen LogP contribution in [0, 0.1) is 0 Å². The highest BCUT2D eigenvalue weighted by Crippen LogP contribution is 2.28. The van der Waals surface area contributed by atoms with Crippen LogP contribution in [-0.2, 0) is 6.54 Å². The molecule has 0 amide bonds. The SMILES string of the molecule is CCCC1CCCCN1Cc1sccc1Br. The van der Waals surface area contributed by atoms with Crippen molar-refractivity contribution in [2.75, 3.05) is 6.54 Å². The third-order valence-electron chi connectivity index (χ3n) is 3.41. The summed E-state index contributed by atoms with van der Waals surface area (Å²) >= 11 is 5.51. The van der Waals surface area contributed by atoms with Crippen LogP contribution >= 0.6 is 27.3 Å². The minimum absolute atomic E-state index is 0.827. The Labute approximate surface area is 111 Å². The van der Waals surface area contributed by atoms with Gasteiger partial charge in [0.1, 0.15) is 0 Å². The Bertz CT molecular complexity index is 321. The zero-order valence-corrected chi connectivity index (χ0v) is 12.3. The van der Waals surface area contributed by atoms with Crippen molar-refractivity contribution in [3.05, 3.63) is 20.8 Å². The number of thiophene rings is 1. The van der Waals surface area contributed by atoms with Crippen LogP contribution in [0.1, 0.15) is 43.9 Å². The molecule has 1 atom stereocenters. The van der Waals surface area contributed by atoms with Gasteiger partial charge in [0.25, 0.3) is 0 Å². The first kappa shape index (κ1) is 12.6. The van der Waals surface area contributed by atoms with E-state index >= 15 is 0 Å². The third kappa shape index (κ3) is 3.08. The van der Waals surface area contributed by atoms with E-state index in [-0.39, 0.29) is 0 Å². The fourth-order valence-electron chi connectivity index (χ4n) is 2.55. The van der Waals surface area contributed by atoms with Crippen LogP contribution in [-0.4, -0.2) is 17.5 Å². The van der Waals surface area contributed by atoms with Gasteiger partial charge in [-0.05, 0) is 53.2 Å². The van der Waals surface area contributed by atoms with Gasteiger partial charge in [-0.3, -0.25) is 4.90 Å². The fourth-order valence-corrected chi connectivity index (χ4v) is 4.05. The lowest BCUT2D eigenvalue weighted by Crippen LogP contribution is -2.38. The molecule has 0 aliphatic carbocycles. The molecule has 0 spiro atoms. The van der Waals surface area contributed by atoms with E-state index in [1.807, 2.05) is 11.3 Å². The molecule has 1 fully saturated rings. The Morgan fingerprint density at radius 3 is 3.06 bits per heavy atom. The quantitative estimate of drug-likeness (QED) is 0.781. The summed E-state index contributed by atoms with van der Waals surface area (Å²) in [5.41, 5.74) is 0. The summed E-state index contributed by atoms with van der Waals surface area (Å²) in [6.07, 6.45) is 6.88. The Balaban J connectivity index is 1.98. The molecular formula is C13H20BrNS. The van der Waals surface area contributed by atoms with Crippen LogP contribution in [0.3, 0.4) is 0 Å². The summed E-state index contributed by atoms with van der Waals surface area (Å²) in [6.45, 7) is 4.73. The number of hydrogen-bond donors (Lipinski definition) is 0. The third-order valence-corrected chi connectivity index (χ3v) is 5.32. The van der Waals surface area contributed by atoms with Gasteiger partial charge in [-0.25, -0.2) is 0 Å². The maximum Gasteiger partial charge on any atom is 0.0342 e. The lowest BCUT2D eigenvalue weighted by molar-refractivity contribution is 0.132. The number of likely N-dealkylation sites (tertiary alicyclic amines) is 1. The summed E-state index contributed by atoms with van der Waals surface area (Å²) < 4.78 is 1.29. The molecule has 0 bridgehead atoms. The summed E-state index contributed by atoms with van der Waals surface area (Å²) in [5, 5.41) is 2.18. The molecular weight excluding hydrogens is 282 g/mol. The van der Waals surface area contributed by atoms with Gasteiger partial charge < -0.3 is 0 Å². The van der Waals surface area contributed by atoms with E-state index in [0.717, 1.165) is 12.6 Å². The Morgan fingerprint density at radius 1 is 1.50 bits per heavy atom. The van der Waals surface area contributed by atoms with Crippen LogP contribution in [0.4, 0.5) is 0 Å². The number of hydrogen-bond acceptors (Lipinski definition) is 2. The minimum atomic E-state index is 0.827. The van der Waals surface area contributed by atoms with Crippen molar-refractivity contribution in [3.63, 3.8) is 0 Å². The molecule has 1 nitrogen and oxygen atoms in total. The number of rotatable bonds is 4. The number of piperidine rings is 1. The zero-order chi connectivity index (χ0) is 11.4. The molecule has 1 aromatic rings. The topological polar surface area (TPSA) is 3.24 Å². The van der Waals surface area contributed by atoms with E-state index < -0.39 is 0 Å². The fraction of sp³-hybridized carbons (Fsp3) is 0.692. The van der Waals surface area contributed by atoms with Gasteiger partial charge in [-0.2, -0.15) is 0 Å². The van der Waals surface area contributed by atoms with E-state index in [0.29, 0.717) is 0 Å². The van der Waals surface area contributed by atoms with Crippen LogP contribution in [0.15, 0.2) is 15.9 Å². The van der Waals surface area contributed by atoms with E-state index in [9.17, 15) is 0 Å². The predicted octanol–water partition coefficient (Wildman–Crippen LogP) is 4.67. The second kappa shape index (κ2) is 6.18. The highest BCUT2D eigenvalue weighted by molar-refractivity contribution is 9.10. The highest BCUT2D eigenvalue weighted by atomic mass is 79.9. The number of halogens is 1. The van der Waals surface area contributed by atoms with Crippen LogP contribution in [0.25, 0.3) is 0 Å². The Hall–Kier alpha value is 0.140. The molecule has 3 heteroatoms. The zero-order valence-electron chi connectivity index (χ0n) is 9.92. The highest BCUT2D eigenvalue weighted by Gasteiger charge is 2.22. The molecule has 0 saturated carbocycles. The average Bonchev–Trinajstić information content (AvgIpc) is 2.68. The van der Waals surface area contributed by atoms with Crippen LogP contribution < -0.4 is 0 Å². The molecule has 1 aliphatic rings. The first-order valence-corrected chi connectivity index (χ1v) is 7.94. The smallest absolute Gasteiger partial charge is 0.0342 e. The standard InChI is InChI=1S/C13H20BrNS/c1-2-5-11-6-3-4-8-15(11)10-13-12(14)7-9-16-13/h7,9,11H,2-6,8,10H2,1H3. The van der Waals surface area contributed by atoms with Crippen LogP contribution in [0.5, 0.6) is 0 Å². The van der Waals surface area contributed by atoms with Crippen molar-refractivity contribution in [2.45, 2.75) is 51.6 Å². The van der Waals surface area contributed by atoms with Crippen molar-refractivity contribution in [3.8, 4) is 0 Å². The maximum absolute atomic E-state index is 3.64. The van der Waals surface area contributed by atoms with Gasteiger partial charge in [0, 0.05) is 21.9 Å². The molecule has 1 aliphatic heterocycles. The molecule has 0 radical (unpaired) electrons. The largest absolute Gasteiger partial charge is 0.295 e. The normalized spacial score (nSPS) is 22.5. The molecule has 2 rings (SSSR count). The molecule has 90 valence electrons. The van der Waals surface area contributed by atoms with Crippen molar-refractivity contribution in [2.24, 2.45) is 0 Å². The van der Waals surface area contributed by atoms with Crippen molar-refractivity contribution >= 4 is 27.3 Å². The van der Waals surface area contributed by atoms with E-state index in [1.54, 1.807) is 0 Å². The Kier molecular flexibility index (Phi) is 4.86. The van der Waals surface area contributed by atoms with Gasteiger partial charge in [-0.1, -0.05) is 19.8 Å². The summed E-state index contributed by atoms with van der Waals surface area (Å²) in [6, 6.07) is 2.99. The van der Waals surface area contributed by atoms with E-state index in [4.69, 9.17) is 0 Å². The van der Waals surface area contributed by atoms with Gasteiger partial charge in [0.2, 0.25) is 0 Å². The van der Waals surface area contributed by atoms with Gasteiger partial charge in [0.15, 0.2) is 0 Å². The Morgan fingerprint density at radius 2 is 2.38 bits per heavy atom. The summed E-state index contributed by atoms with van der Waals surface area (Å²) in [4.78, 5) is 4.17. The lowest BCUT2D eigenvalue weighted by Gasteiger charge is -2.35. The molecule has 0 aromatic carbocycles. The molecule has 1 saturated heterocycles. The van der Waals surface area contributed by atoms with Crippen molar-refractivity contribution in [1.82, 2.24) is 4.90 Å². The monoisotopic (exact) mass is 301 g/mol. The van der Waals surface area contributed by atoms with Crippen molar-refractivity contribution < 1.29 is 0 Å². The molecule has 1 aromatic heterocycles. The van der Waals surface area contributed by atoms with Gasteiger partial charge in [-0.15, -0.1) is 11.3 Å². The van der Waals surface area contributed by atoms with Crippen LogP contribution in [0.2, 0.25) is 0 Å². The van der Waals surface area contributed by atoms with Gasteiger partial charge in [0.05, 0.1) is 0 Å². The number of nitrogens with zero attached hydrogens (tertiary/aromatic N) is 1. The van der Waals surface area contributed by atoms with E-state index in [2.05, 4.69) is 39.2 Å². The second-order valence-electron chi connectivity index (χ2n) is 4.60. The summed E-state index contributed by atoms with van der Waals surface area (Å²) in [5.74, 6) is 0.